The topological polar surface area (TPSA) is 28.7 Å². The summed E-state index contributed by atoms with van der Waals surface area (Å²) in [7, 11) is 2.02. The molecule has 0 saturated carbocycles. The van der Waals surface area contributed by atoms with Gasteiger partial charge in [-0.1, -0.05) is 25.1 Å². The van der Waals surface area contributed by atoms with E-state index < -0.39 is 0 Å². The van der Waals surface area contributed by atoms with Crippen molar-refractivity contribution in [1.29, 1.82) is 5.26 Å². The zero-order valence-corrected chi connectivity index (χ0v) is 9.07. The van der Waals surface area contributed by atoms with Gasteiger partial charge >= 0.3 is 0 Å². The molecule has 0 aliphatic heterocycles. The first-order valence-electron chi connectivity index (χ1n) is 5.21. The van der Waals surface area contributed by atoms with E-state index in [0.29, 0.717) is 0 Å². The quantitative estimate of drug-likeness (QED) is 0.728. The van der Waals surface area contributed by atoms with Crippen molar-refractivity contribution >= 4 is 10.9 Å². The maximum Gasteiger partial charge on any atom is 0.0731 e. The number of hydrogen-bond acceptors (Lipinski definition) is 1. The van der Waals surface area contributed by atoms with E-state index in [-0.39, 0.29) is 5.92 Å². The molecule has 2 rings (SSSR count). The molecule has 0 radical (unpaired) electrons. The van der Waals surface area contributed by atoms with Gasteiger partial charge in [-0.15, -0.1) is 0 Å². The van der Waals surface area contributed by atoms with Crippen LogP contribution in [0.3, 0.4) is 0 Å². The van der Waals surface area contributed by atoms with Gasteiger partial charge in [0, 0.05) is 24.1 Å². The van der Waals surface area contributed by atoms with Crippen LogP contribution in [0, 0.1) is 11.3 Å². The second kappa shape index (κ2) is 3.78. The van der Waals surface area contributed by atoms with Gasteiger partial charge in [-0.2, -0.15) is 5.26 Å². The van der Waals surface area contributed by atoms with Crippen molar-refractivity contribution in [2.75, 3.05) is 0 Å². The molecule has 0 aliphatic rings. The van der Waals surface area contributed by atoms with E-state index >= 15 is 0 Å². The molecule has 1 atom stereocenters. The van der Waals surface area contributed by atoms with Gasteiger partial charge in [0.15, 0.2) is 0 Å². The van der Waals surface area contributed by atoms with Crippen molar-refractivity contribution in [3.05, 3.63) is 36.0 Å². The molecule has 1 aromatic heterocycles. The maximum absolute atomic E-state index is 9.09. The summed E-state index contributed by atoms with van der Waals surface area (Å²) in [4.78, 5) is 0. The van der Waals surface area contributed by atoms with Gasteiger partial charge in [-0.05, 0) is 18.1 Å². The fourth-order valence-corrected chi connectivity index (χ4v) is 2.03. The summed E-state index contributed by atoms with van der Waals surface area (Å²) in [6.45, 7) is 2.05. The lowest BCUT2D eigenvalue weighted by Gasteiger charge is -2.02. The third kappa shape index (κ3) is 1.50. The van der Waals surface area contributed by atoms with Crippen LogP contribution < -0.4 is 0 Å². The Kier molecular flexibility index (Phi) is 2.47. The third-order valence-corrected chi connectivity index (χ3v) is 2.87. The third-order valence-electron chi connectivity index (χ3n) is 2.87. The number of para-hydroxylation sites is 1. The molecule has 0 saturated heterocycles. The van der Waals surface area contributed by atoms with Crippen molar-refractivity contribution in [2.24, 2.45) is 7.05 Å². The van der Waals surface area contributed by atoms with Gasteiger partial charge in [0.2, 0.25) is 0 Å². The standard InChI is InChI=1S/C13H14N2/c1-3-10(8-14)12-9-15(2)13-7-5-4-6-11(12)13/h4-7,9-10H,3H2,1-2H3/t10-/m0/s1. The number of fused-ring (bicyclic) bond motifs is 1. The zero-order valence-electron chi connectivity index (χ0n) is 9.07. The predicted molar refractivity (Wildman–Crippen MR) is 61.6 cm³/mol. The first-order chi connectivity index (χ1) is 7.27. The highest BCUT2D eigenvalue weighted by molar-refractivity contribution is 5.84. The lowest BCUT2D eigenvalue weighted by Crippen LogP contribution is -1.91. The van der Waals surface area contributed by atoms with Crippen LogP contribution in [0.5, 0.6) is 0 Å². The van der Waals surface area contributed by atoms with Crippen LogP contribution in [-0.2, 0) is 7.05 Å². The van der Waals surface area contributed by atoms with Gasteiger partial charge in [-0.3, -0.25) is 0 Å². The largest absolute Gasteiger partial charge is 0.350 e. The number of aryl methyl sites for hydroxylation is 1. The normalized spacial score (nSPS) is 12.6. The van der Waals surface area contributed by atoms with E-state index in [2.05, 4.69) is 35.9 Å². The number of nitriles is 1. The van der Waals surface area contributed by atoms with E-state index in [9.17, 15) is 0 Å². The maximum atomic E-state index is 9.09. The van der Waals surface area contributed by atoms with Crippen LogP contribution in [0.15, 0.2) is 30.5 Å². The Morgan fingerprint density at radius 3 is 2.80 bits per heavy atom. The Balaban J connectivity index is 2.67. The SMILES string of the molecule is CC[C@@H](C#N)c1cn(C)c2ccccc12. The first-order valence-corrected chi connectivity index (χ1v) is 5.21. The van der Waals surface area contributed by atoms with Crippen LogP contribution >= 0.6 is 0 Å². The molecular formula is C13H14N2. The van der Waals surface area contributed by atoms with Crippen LogP contribution in [0.4, 0.5) is 0 Å². The fraction of sp³-hybridized carbons (Fsp3) is 0.308. The summed E-state index contributed by atoms with van der Waals surface area (Å²) in [5.41, 5.74) is 2.35. The van der Waals surface area contributed by atoms with Crippen LogP contribution in [0.2, 0.25) is 0 Å². The van der Waals surface area contributed by atoms with Crippen molar-refractivity contribution in [3.63, 3.8) is 0 Å². The van der Waals surface area contributed by atoms with E-state index in [1.807, 2.05) is 19.2 Å². The molecule has 0 N–H and O–H groups in total. The highest BCUT2D eigenvalue weighted by atomic mass is 14.9. The molecule has 0 spiro atoms. The first kappa shape index (κ1) is 9.79. The number of nitrogens with zero attached hydrogens (tertiary/aromatic N) is 2. The Morgan fingerprint density at radius 2 is 2.13 bits per heavy atom. The van der Waals surface area contributed by atoms with Gasteiger partial charge in [-0.25, -0.2) is 0 Å². The lowest BCUT2D eigenvalue weighted by atomic mass is 9.98. The molecular weight excluding hydrogens is 184 g/mol. The average molecular weight is 198 g/mol. The molecule has 15 heavy (non-hydrogen) atoms. The predicted octanol–water partition coefficient (Wildman–Crippen LogP) is 3.20. The van der Waals surface area contributed by atoms with Gasteiger partial charge in [0.05, 0.1) is 12.0 Å². The smallest absolute Gasteiger partial charge is 0.0731 e. The Hall–Kier alpha value is -1.75. The second-order valence-electron chi connectivity index (χ2n) is 3.80. The Bertz CT molecular complexity index is 517. The van der Waals surface area contributed by atoms with Gasteiger partial charge in [0.1, 0.15) is 0 Å². The van der Waals surface area contributed by atoms with Crippen LogP contribution in [0.25, 0.3) is 10.9 Å². The summed E-state index contributed by atoms with van der Waals surface area (Å²) in [5, 5.41) is 10.3. The summed E-state index contributed by atoms with van der Waals surface area (Å²) >= 11 is 0. The monoisotopic (exact) mass is 198 g/mol. The minimum Gasteiger partial charge on any atom is -0.350 e. The summed E-state index contributed by atoms with van der Waals surface area (Å²) in [6, 6.07) is 10.6. The molecule has 2 aromatic rings. The van der Waals surface area contributed by atoms with Crippen LogP contribution in [0.1, 0.15) is 24.8 Å². The molecule has 76 valence electrons. The molecule has 0 unspecified atom stereocenters. The van der Waals surface area contributed by atoms with Gasteiger partial charge in [0.25, 0.3) is 0 Å². The summed E-state index contributed by atoms with van der Waals surface area (Å²) in [6.07, 6.45) is 2.94. The van der Waals surface area contributed by atoms with E-state index in [1.165, 1.54) is 10.9 Å². The van der Waals surface area contributed by atoms with Crippen molar-refractivity contribution < 1.29 is 0 Å². The highest BCUT2D eigenvalue weighted by Gasteiger charge is 2.14. The second-order valence-corrected chi connectivity index (χ2v) is 3.80. The molecule has 2 heteroatoms. The molecule has 0 aliphatic carbocycles. The molecule has 1 heterocycles. The summed E-state index contributed by atoms with van der Waals surface area (Å²) in [5.74, 6) is 0.0103. The van der Waals surface area contributed by atoms with Crippen molar-refractivity contribution in [2.45, 2.75) is 19.3 Å². The minimum atomic E-state index is 0.0103. The molecule has 0 fully saturated rings. The molecule has 0 amide bonds. The zero-order chi connectivity index (χ0) is 10.8. The molecule has 0 bridgehead atoms. The number of rotatable bonds is 2. The van der Waals surface area contributed by atoms with E-state index in [1.54, 1.807) is 0 Å². The Morgan fingerprint density at radius 1 is 1.40 bits per heavy atom. The number of aromatic nitrogens is 1. The Labute approximate surface area is 89.7 Å². The fourth-order valence-electron chi connectivity index (χ4n) is 2.03. The van der Waals surface area contributed by atoms with E-state index in [0.717, 1.165) is 12.0 Å². The van der Waals surface area contributed by atoms with Crippen molar-refractivity contribution in [3.8, 4) is 6.07 Å². The number of benzene rings is 1. The molecule has 2 nitrogen and oxygen atoms in total. The van der Waals surface area contributed by atoms with Crippen LogP contribution in [-0.4, -0.2) is 4.57 Å². The summed E-state index contributed by atoms with van der Waals surface area (Å²) < 4.78 is 2.09. The van der Waals surface area contributed by atoms with Crippen molar-refractivity contribution in [1.82, 2.24) is 4.57 Å². The molecule has 1 aromatic carbocycles. The number of hydrogen-bond donors (Lipinski definition) is 0. The highest BCUT2D eigenvalue weighted by Crippen LogP contribution is 2.28. The lowest BCUT2D eigenvalue weighted by molar-refractivity contribution is 0.815. The van der Waals surface area contributed by atoms with E-state index in [4.69, 9.17) is 5.26 Å². The average Bonchev–Trinajstić information content (AvgIpc) is 2.60. The minimum absolute atomic E-state index is 0.0103. The van der Waals surface area contributed by atoms with Gasteiger partial charge < -0.3 is 4.57 Å².